The summed E-state index contributed by atoms with van der Waals surface area (Å²) in [6.45, 7) is 4.25. The quantitative estimate of drug-likeness (QED) is 0.671. The molecule has 2 nitrogen and oxygen atoms in total. The lowest BCUT2D eigenvalue weighted by Crippen LogP contribution is -1.89. The predicted molar refractivity (Wildman–Crippen MR) is 50.6 cm³/mol. The van der Waals surface area contributed by atoms with E-state index in [1.54, 1.807) is 11.3 Å². The summed E-state index contributed by atoms with van der Waals surface area (Å²) in [6, 6.07) is 0. The molecule has 0 atom stereocenters. The molecule has 0 N–H and O–H groups in total. The lowest BCUT2D eigenvalue weighted by molar-refractivity contribution is -0.107. The number of aldehydes is 1. The van der Waals surface area contributed by atoms with E-state index in [9.17, 15) is 4.79 Å². The molecular weight excluding hydrogens is 170 g/mol. The van der Waals surface area contributed by atoms with Gasteiger partial charge in [0.25, 0.3) is 0 Å². The summed E-state index contributed by atoms with van der Waals surface area (Å²) in [7, 11) is 0. The lowest BCUT2D eigenvalue weighted by Gasteiger charge is -1.96. The van der Waals surface area contributed by atoms with Gasteiger partial charge in [-0.25, -0.2) is 4.98 Å². The largest absolute Gasteiger partial charge is 0.303 e. The van der Waals surface area contributed by atoms with Crippen LogP contribution in [0.4, 0.5) is 0 Å². The second-order valence-electron chi connectivity index (χ2n) is 3.03. The van der Waals surface area contributed by atoms with Gasteiger partial charge < -0.3 is 4.79 Å². The molecule has 0 saturated heterocycles. The van der Waals surface area contributed by atoms with Crippen LogP contribution in [0.5, 0.6) is 0 Å². The number of carbonyl (C=O) groups excluding carboxylic acids is 1. The van der Waals surface area contributed by atoms with Crippen molar-refractivity contribution in [1.82, 2.24) is 4.98 Å². The van der Waals surface area contributed by atoms with Crippen LogP contribution in [0.15, 0.2) is 5.38 Å². The number of aromatic nitrogens is 1. The highest BCUT2D eigenvalue weighted by molar-refractivity contribution is 7.09. The SMILES string of the molecule is CC(C)c1csc(CCC=O)n1. The van der Waals surface area contributed by atoms with Crippen LogP contribution in [0.2, 0.25) is 0 Å². The highest BCUT2D eigenvalue weighted by Crippen LogP contribution is 2.18. The summed E-state index contributed by atoms with van der Waals surface area (Å²) >= 11 is 1.65. The highest BCUT2D eigenvalue weighted by Gasteiger charge is 2.04. The van der Waals surface area contributed by atoms with Gasteiger partial charge in [-0.2, -0.15) is 0 Å². The minimum absolute atomic E-state index is 0.492. The van der Waals surface area contributed by atoms with Gasteiger partial charge in [0, 0.05) is 18.2 Å². The van der Waals surface area contributed by atoms with Gasteiger partial charge in [-0.1, -0.05) is 13.8 Å². The molecule has 0 radical (unpaired) electrons. The lowest BCUT2D eigenvalue weighted by atomic mass is 10.2. The van der Waals surface area contributed by atoms with Crippen LogP contribution in [0.3, 0.4) is 0 Å². The van der Waals surface area contributed by atoms with E-state index in [4.69, 9.17) is 0 Å². The van der Waals surface area contributed by atoms with Crippen molar-refractivity contribution < 1.29 is 4.79 Å². The zero-order valence-electron chi connectivity index (χ0n) is 7.41. The third-order valence-corrected chi connectivity index (χ3v) is 2.56. The van der Waals surface area contributed by atoms with Crippen molar-refractivity contribution in [3.8, 4) is 0 Å². The molecule has 1 rings (SSSR count). The normalized spacial score (nSPS) is 10.6. The molecule has 0 fully saturated rings. The number of rotatable bonds is 4. The van der Waals surface area contributed by atoms with Crippen LogP contribution < -0.4 is 0 Å². The van der Waals surface area contributed by atoms with Gasteiger partial charge in [-0.15, -0.1) is 11.3 Å². The Kier molecular flexibility index (Phi) is 3.41. The molecule has 66 valence electrons. The Morgan fingerprint density at radius 3 is 2.92 bits per heavy atom. The van der Waals surface area contributed by atoms with Crippen LogP contribution in [0, 0.1) is 0 Å². The molecule has 0 spiro atoms. The van der Waals surface area contributed by atoms with Crippen molar-refractivity contribution in [2.45, 2.75) is 32.6 Å². The first-order valence-electron chi connectivity index (χ1n) is 4.12. The number of hydrogen-bond acceptors (Lipinski definition) is 3. The standard InChI is InChI=1S/C9H13NOS/c1-7(2)8-6-12-9(10-8)4-3-5-11/h5-7H,3-4H2,1-2H3. The van der Waals surface area contributed by atoms with Gasteiger partial charge in [0.2, 0.25) is 0 Å². The minimum Gasteiger partial charge on any atom is -0.303 e. The van der Waals surface area contributed by atoms with Gasteiger partial charge in [0.15, 0.2) is 0 Å². The third kappa shape index (κ3) is 2.41. The van der Waals surface area contributed by atoms with Crippen molar-refractivity contribution in [3.63, 3.8) is 0 Å². The monoisotopic (exact) mass is 183 g/mol. The fourth-order valence-corrected chi connectivity index (χ4v) is 1.86. The zero-order chi connectivity index (χ0) is 8.97. The van der Waals surface area contributed by atoms with Crippen LogP contribution in [-0.2, 0) is 11.2 Å². The fourth-order valence-electron chi connectivity index (χ4n) is 0.887. The smallest absolute Gasteiger partial charge is 0.120 e. The Hall–Kier alpha value is -0.700. The second-order valence-corrected chi connectivity index (χ2v) is 3.97. The highest BCUT2D eigenvalue weighted by atomic mass is 32.1. The number of hydrogen-bond donors (Lipinski definition) is 0. The maximum atomic E-state index is 10.1. The molecule has 0 unspecified atom stereocenters. The predicted octanol–water partition coefficient (Wildman–Crippen LogP) is 2.40. The molecule has 0 aliphatic carbocycles. The number of aryl methyl sites for hydroxylation is 1. The summed E-state index contributed by atoms with van der Waals surface area (Å²) in [5.74, 6) is 0.492. The summed E-state index contributed by atoms with van der Waals surface area (Å²) in [4.78, 5) is 14.5. The first-order chi connectivity index (χ1) is 5.74. The van der Waals surface area contributed by atoms with Gasteiger partial charge in [0.05, 0.1) is 10.7 Å². The Bertz CT molecular complexity index is 255. The van der Waals surface area contributed by atoms with Crippen LogP contribution >= 0.6 is 11.3 Å². The molecule has 1 aromatic rings. The molecule has 0 amide bonds. The van der Waals surface area contributed by atoms with E-state index in [0.717, 1.165) is 23.4 Å². The fraction of sp³-hybridized carbons (Fsp3) is 0.556. The van der Waals surface area contributed by atoms with Gasteiger partial charge in [-0.3, -0.25) is 0 Å². The average molecular weight is 183 g/mol. The Morgan fingerprint density at radius 1 is 1.67 bits per heavy atom. The van der Waals surface area contributed by atoms with E-state index in [1.165, 1.54) is 0 Å². The second kappa shape index (κ2) is 4.36. The van der Waals surface area contributed by atoms with E-state index in [1.807, 2.05) is 0 Å². The summed E-state index contributed by atoms with van der Waals surface area (Å²) in [5.41, 5.74) is 1.14. The van der Waals surface area contributed by atoms with E-state index >= 15 is 0 Å². The molecule has 1 heterocycles. The number of carbonyl (C=O) groups is 1. The molecular formula is C9H13NOS. The first-order valence-corrected chi connectivity index (χ1v) is 5.00. The van der Waals surface area contributed by atoms with Crippen molar-refractivity contribution >= 4 is 17.6 Å². The van der Waals surface area contributed by atoms with Crippen molar-refractivity contribution in [1.29, 1.82) is 0 Å². The Labute approximate surface area is 76.6 Å². The van der Waals surface area contributed by atoms with Gasteiger partial charge in [0.1, 0.15) is 6.29 Å². The van der Waals surface area contributed by atoms with Gasteiger partial charge >= 0.3 is 0 Å². The molecule has 0 bridgehead atoms. The molecule has 0 aliphatic rings. The maximum Gasteiger partial charge on any atom is 0.120 e. The van der Waals surface area contributed by atoms with E-state index in [0.29, 0.717) is 12.3 Å². The minimum atomic E-state index is 0.492. The molecule has 1 aromatic heterocycles. The van der Waals surface area contributed by atoms with Crippen molar-refractivity contribution in [3.05, 3.63) is 16.1 Å². The molecule has 0 aliphatic heterocycles. The average Bonchev–Trinajstić information content (AvgIpc) is 2.48. The first kappa shape index (κ1) is 9.39. The maximum absolute atomic E-state index is 10.1. The van der Waals surface area contributed by atoms with Gasteiger partial charge in [-0.05, 0) is 5.92 Å². The Balaban J connectivity index is 2.58. The molecule has 0 saturated carbocycles. The topological polar surface area (TPSA) is 30.0 Å². The third-order valence-electron chi connectivity index (χ3n) is 1.64. The van der Waals surface area contributed by atoms with E-state index in [2.05, 4.69) is 24.2 Å². The summed E-state index contributed by atoms with van der Waals surface area (Å²) < 4.78 is 0. The van der Waals surface area contributed by atoms with Crippen LogP contribution in [-0.4, -0.2) is 11.3 Å². The molecule has 12 heavy (non-hydrogen) atoms. The zero-order valence-corrected chi connectivity index (χ0v) is 8.23. The van der Waals surface area contributed by atoms with E-state index in [-0.39, 0.29) is 0 Å². The number of thiazole rings is 1. The van der Waals surface area contributed by atoms with Crippen molar-refractivity contribution in [2.24, 2.45) is 0 Å². The molecule has 0 aromatic carbocycles. The number of nitrogens with zero attached hydrogens (tertiary/aromatic N) is 1. The van der Waals surface area contributed by atoms with E-state index < -0.39 is 0 Å². The molecule has 3 heteroatoms. The van der Waals surface area contributed by atoms with Crippen LogP contribution in [0.1, 0.15) is 36.9 Å². The van der Waals surface area contributed by atoms with Crippen LogP contribution in [0.25, 0.3) is 0 Å². The van der Waals surface area contributed by atoms with Crippen molar-refractivity contribution in [2.75, 3.05) is 0 Å². The summed E-state index contributed by atoms with van der Waals surface area (Å²) in [6.07, 6.45) is 2.32. The summed E-state index contributed by atoms with van der Waals surface area (Å²) in [5, 5.41) is 3.15. The Morgan fingerprint density at radius 2 is 2.42 bits per heavy atom.